The second-order valence-corrected chi connectivity index (χ2v) is 6.60. The lowest BCUT2D eigenvalue weighted by atomic mass is 9.93. The summed E-state index contributed by atoms with van der Waals surface area (Å²) in [5, 5.41) is 0. The van der Waals surface area contributed by atoms with Gasteiger partial charge in [-0.15, -0.1) is 6.42 Å². The lowest BCUT2D eigenvalue weighted by molar-refractivity contribution is 0.0519. The van der Waals surface area contributed by atoms with E-state index in [1.807, 2.05) is 22.8 Å². The molecule has 6 heteroatoms. The van der Waals surface area contributed by atoms with E-state index in [2.05, 4.69) is 10.9 Å². The van der Waals surface area contributed by atoms with Gasteiger partial charge in [0.2, 0.25) is 0 Å². The molecule has 0 saturated carbocycles. The maximum absolute atomic E-state index is 14.7. The zero-order valence-electron chi connectivity index (χ0n) is 16.0. The summed E-state index contributed by atoms with van der Waals surface area (Å²) in [5.41, 5.74) is 3.49. The van der Waals surface area contributed by atoms with Gasteiger partial charge in [-0.3, -0.25) is 4.99 Å². The van der Waals surface area contributed by atoms with E-state index in [1.165, 1.54) is 6.07 Å². The van der Waals surface area contributed by atoms with Crippen LogP contribution in [-0.4, -0.2) is 27.8 Å². The molecule has 0 spiro atoms. The first kappa shape index (κ1) is 18.6. The highest BCUT2D eigenvalue weighted by Crippen LogP contribution is 2.38. The molecule has 29 heavy (non-hydrogen) atoms. The number of hydrogen-bond acceptors (Lipinski definition) is 4. The Hall–Kier alpha value is -3.72. The van der Waals surface area contributed by atoms with Crippen LogP contribution in [0.15, 0.2) is 65.0 Å². The minimum Gasteiger partial charge on any atom is -0.461 e. The fourth-order valence-corrected chi connectivity index (χ4v) is 3.57. The number of halogens is 1. The number of imidazole rings is 1. The summed E-state index contributed by atoms with van der Waals surface area (Å²) in [6, 6.07) is 6.12. The van der Waals surface area contributed by atoms with Crippen molar-refractivity contribution in [3.05, 3.63) is 82.7 Å². The van der Waals surface area contributed by atoms with Crippen LogP contribution in [0.5, 0.6) is 0 Å². The van der Waals surface area contributed by atoms with Crippen molar-refractivity contribution in [3.8, 4) is 12.3 Å². The minimum atomic E-state index is -0.522. The highest BCUT2D eigenvalue weighted by molar-refractivity contribution is 6.08. The van der Waals surface area contributed by atoms with Crippen molar-refractivity contribution >= 4 is 17.4 Å². The number of fused-ring (bicyclic) bond motifs is 3. The summed E-state index contributed by atoms with van der Waals surface area (Å²) in [6.45, 7) is 3.74. The van der Waals surface area contributed by atoms with Crippen LogP contribution >= 0.6 is 0 Å². The van der Waals surface area contributed by atoms with Crippen molar-refractivity contribution < 1.29 is 13.9 Å². The second kappa shape index (κ2) is 7.36. The summed E-state index contributed by atoms with van der Waals surface area (Å²) in [5.74, 6) is 1.71. The predicted octanol–water partition coefficient (Wildman–Crippen LogP) is 4.10. The fraction of sp³-hybridized carbons (Fsp3) is 0.174. The number of ether oxygens (including phenoxy) is 1. The molecule has 0 fully saturated rings. The maximum atomic E-state index is 14.7. The van der Waals surface area contributed by atoms with Crippen molar-refractivity contribution in [2.24, 2.45) is 4.99 Å². The molecule has 0 saturated heterocycles. The van der Waals surface area contributed by atoms with Crippen LogP contribution in [0.1, 0.15) is 41.6 Å². The first-order valence-corrected chi connectivity index (χ1v) is 9.20. The summed E-state index contributed by atoms with van der Waals surface area (Å²) in [7, 11) is 0. The third kappa shape index (κ3) is 3.11. The molecule has 0 amide bonds. The molecule has 4 rings (SSSR count). The monoisotopic (exact) mass is 387 g/mol. The second-order valence-electron chi connectivity index (χ2n) is 6.60. The molecule has 2 aliphatic rings. The molecule has 1 atom stereocenters. The molecule has 5 nitrogen and oxygen atoms in total. The predicted molar refractivity (Wildman–Crippen MR) is 109 cm³/mol. The van der Waals surface area contributed by atoms with Gasteiger partial charge in [-0.05, 0) is 38.1 Å². The van der Waals surface area contributed by atoms with Gasteiger partial charge in [0.05, 0.1) is 36.1 Å². The van der Waals surface area contributed by atoms with Gasteiger partial charge >= 0.3 is 5.97 Å². The number of aromatic nitrogens is 2. The fourth-order valence-electron chi connectivity index (χ4n) is 3.57. The van der Waals surface area contributed by atoms with Gasteiger partial charge in [-0.25, -0.2) is 14.2 Å². The quantitative estimate of drug-likeness (QED) is 0.588. The highest BCUT2D eigenvalue weighted by atomic mass is 19.1. The SMILES string of the molecule is C#CC1=CC2=C(c3ccccc3F)N=C(C)c3c(C(=O)OCC)ncn3C2C=C1. The van der Waals surface area contributed by atoms with E-state index in [-0.39, 0.29) is 24.2 Å². The molecule has 1 aliphatic carbocycles. The number of hydrogen-bond donors (Lipinski definition) is 0. The van der Waals surface area contributed by atoms with Crippen molar-refractivity contribution in [1.29, 1.82) is 0 Å². The van der Waals surface area contributed by atoms with Gasteiger partial charge in [0.1, 0.15) is 5.82 Å². The molecule has 1 unspecified atom stereocenters. The Balaban J connectivity index is 1.99. The largest absolute Gasteiger partial charge is 0.461 e. The van der Waals surface area contributed by atoms with Gasteiger partial charge in [0.15, 0.2) is 5.69 Å². The van der Waals surface area contributed by atoms with Crippen molar-refractivity contribution in [2.75, 3.05) is 6.61 Å². The smallest absolute Gasteiger partial charge is 0.359 e. The van der Waals surface area contributed by atoms with E-state index >= 15 is 0 Å². The third-order valence-corrected chi connectivity index (χ3v) is 4.84. The minimum absolute atomic E-state index is 0.183. The van der Waals surface area contributed by atoms with Crippen molar-refractivity contribution in [2.45, 2.75) is 19.9 Å². The molecule has 0 bridgehead atoms. The van der Waals surface area contributed by atoms with Gasteiger partial charge in [-0.2, -0.15) is 0 Å². The number of allylic oxidation sites excluding steroid dienone is 5. The van der Waals surface area contributed by atoms with E-state index in [4.69, 9.17) is 16.2 Å². The zero-order chi connectivity index (χ0) is 20.5. The van der Waals surface area contributed by atoms with E-state index < -0.39 is 5.97 Å². The Kier molecular flexibility index (Phi) is 4.73. The molecule has 0 radical (unpaired) electrons. The third-order valence-electron chi connectivity index (χ3n) is 4.84. The average molecular weight is 387 g/mol. The number of terminal acetylenes is 1. The Labute approximate surface area is 167 Å². The van der Waals surface area contributed by atoms with Crippen LogP contribution in [0.2, 0.25) is 0 Å². The molecular formula is C23H18FN3O2. The first-order chi connectivity index (χ1) is 14.0. The normalized spacial score (nSPS) is 17.5. The van der Waals surface area contributed by atoms with Crippen molar-refractivity contribution in [3.63, 3.8) is 0 Å². The van der Waals surface area contributed by atoms with Crippen LogP contribution in [0.4, 0.5) is 4.39 Å². The van der Waals surface area contributed by atoms with Crippen LogP contribution in [0.25, 0.3) is 5.70 Å². The number of esters is 1. The lowest BCUT2D eigenvalue weighted by Gasteiger charge is -2.22. The molecule has 0 N–H and O–H groups in total. The molecule has 1 aromatic carbocycles. The maximum Gasteiger partial charge on any atom is 0.359 e. The van der Waals surface area contributed by atoms with Gasteiger partial charge in [0.25, 0.3) is 0 Å². The van der Waals surface area contributed by atoms with Gasteiger partial charge < -0.3 is 9.30 Å². The molecule has 144 valence electrons. The Morgan fingerprint density at radius 3 is 2.90 bits per heavy atom. The van der Waals surface area contributed by atoms with Gasteiger partial charge in [-0.1, -0.05) is 24.1 Å². The molecular weight excluding hydrogens is 369 g/mol. The number of carbonyl (C=O) groups is 1. The molecule has 1 aromatic heterocycles. The number of rotatable bonds is 3. The first-order valence-electron chi connectivity index (χ1n) is 9.20. The summed E-state index contributed by atoms with van der Waals surface area (Å²) in [4.78, 5) is 21.4. The van der Waals surface area contributed by atoms with Crippen LogP contribution in [0.3, 0.4) is 0 Å². The number of nitrogens with zero attached hydrogens (tertiary/aromatic N) is 3. The summed E-state index contributed by atoms with van der Waals surface area (Å²) < 4.78 is 21.6. The van der Waals surface area contributed by atoms with E-state index in [0.29, 0.717) is 28.2 Å². The molecule has 2 heterocycles. The Bertz CT molecular complexity index is 1170. The number of aliphatic imine (C=N–C) groups is 1. The Morgan fingerprint density at radius 2 is 2.17 bits per heavy atom. The van der Waals surface area contributed by atoms with Gasteiger partial charge in [0, 0.05) is 16.7 Å². The van der Waals surface area contributed by atoms with E-state index in [0.717, 1.165) is 5.57 Å². The number of carbonyl (C=O) groups excluding carboxylic acids is 1. The Morgan fingerprint density at radius 1 is 1.38 bits per heavy atom. The van der Waals surface area contributed by atoms with Crippen LogP contribution in [0, 0.1) is 18.2 Å². The summed E-state index contributed by atoms with van der Waals surface area (Å²) in [6.07, 6.45) is 12.7. The van der Waals surface area contributed by atoms with E-state index in [9.17, 15) is 9.18 Å². The van der Waals surface area contributed by atoms with Crippen LogP contribution in [-0.2, 0) is 4.74 Å². The highest BCUT2D eigenvalue weighted by Gasteiger charge is 2.31. The average Bonchev–Trinajstić information content (AvgIpc) is 3.13. The number of benzene rings is 1. The van der Waals surface area contributed by atoms with Crippen molar-refractivity contribution in [1.82, 2.24) is 9.55 Å². The summed E-state index contributed by atoms with van der Waals surface area (Å²) >= 11 is 0. The standard InChI is InChI=1S/C23H18FN3O2/c1-4-15-10-11-19-17(12-15)20(16-8-6-7-9-18(16)24)26-14(3)22-21(23(28)29-5-2)25-13-27(19)22/h1,6-13,19H,5H2,2-3H3. The van der Waals surface area contributed by atoms with E-state index in [1.54, 1.807) is 38.4 Å². The zero-order valence-corrected chi connectivity index (χ0v) is 16.0. The van der Waals surface area contributed by atoms with Crippen LogP contribution < -0.4 is 0 Å². The lowest BCUT2D eigenvalue weighted by Crippen LogP contribution is -2.17. The molecule has 1 aliphatic heterocycles. The molecule has 2 aromatic rings. The topological polar surface area (TPSA) is 56.5 Å².